The van der Waals surface area contributed by atoms with Gasteiger partial charge in [-0.2, -0.15) is 0 Å². The maximum Gasteiger partial charge on any atom is 0.329 e. The number of carboxylic acid groups (broad SMARTS) is 1. The molecule has 0 fully saturated rings. The number of unbranched alkanes of at least 4 members (excludes halogenated alkanes) is 7. The molecule has 0 spiro atoms. The van der Waals surface area contributed by atoms with Gasteiger partial charge in [0.2, 0.25) is 0 Å². The van der Waals surface area contributed by atoms with Gasteiger partial charge in [0.25, 0.3) is 0 Å². The molecule has 1 aliphatic heterocycles. The molecule has 1 aromatic carbocycles. The predicted octanol–water partition coefficient (Wildman–Crippen LogP) is 5.04. The molecule has 6 heteroatoms. The van der Waals surface area contributed by atoms with Crippen molar-refractivity contribution < 1.29 is 19.4 Å². The van der Waals surface area contributed by atoms with Crippen LogP contribution in [0.4, 0.5) is 0 Å². The van der Waals surface area contributed by atoms with Gasteiger partial charge in [0.15, 0.2) is 5.54 Å². The van der Waals surface area contributed by atoms with Gasteiger partial charge < -0.3 is 15.6 Å². The van der Waals surface area contributed by atoms with Crippen molar-refractivity contribution in [2.75, 3.05) is 0 Å². The van der Waals surface area contributed by atoms with E-state index in [1.165, 1.54) is 50.3 Å². The number of ether oxygens (including phenoxy) is 1. The molecule has 0 aromatic heterocycles. The highest BCUT2D eigenvalue weighted by Crippen LogP contribution is 2.41. The van der Waals surface area contributed by atoms with Crippen molar-refractivity contribution in [2.45, 2.75) is 82.1 Å². The average molecular weight is 420 g/mol. The molecule has 0 saturated carbocycles. The van der Waals surface area contributed by atoms with Gasteiger partial charge in [0.05, 0.1) is 0 Å². The van der Waals surface area contributed by atoms with E-state index in [1.54, 1.807) is 6.08 Å². The Morgan fingerprint density at radius 3 is 2.31 bits per heavy atom. The van der Waals surface area contributed by atoms with Crippen LogP contribution in [0.5, 0.6) is 0 Å². The Kier molecular flexibility index (Phi) is 9.74. The van der Waals surface area contributed by atoms with Crippen LogP contribution in [0.2, 0.25) is 0 Å². The van der Waals surface area contributed by atoms with Crippen molar-refractivity contribution in [3.05, 3.63) is 46.9 Å². The van der Waals surface area contributed by atoms with Gasteiger partial charge in [-0.15, -0.1) is 11.8 Å². The SMILES string of the molecule is CCCCCCCCCCC1=CC(N)(C(=O)O)C(C(=O)OCc2ccccc2)S1. The van der Waals surface area contributed by atoms with Crippen LogP contribution < -0.4 is 5.73 Å². The first-order valence-corrected chi connectivity index (χ1v) is 11.5. The van der Waals surface area contributed by atoms with Crippen LogP contribution in [-0.4, -0.2) is 27.8 Å². The normalized spacial score (nSPS) is 21.0. The zero-order valence-corrected chi connectivity index (χ0v) is 18.1. The topological polar surface area (TPSA) is 89.6 Å². The molecule has 3 N–H and O–H groups in total. The molecule has 0 aliphatic carbocycles. The molecule has 160 valence electrons. The largest absolute Gasteiger partial charge is 0.480 e. The second kappa shape index (κ2) is 12.0. The standard InChI is InChI=1S/C23H33NO4S/c1-2-3-4-5-6-7-8-12-15-19-16-23(24,22(26)27)20(29-19)21(25)28-17-18-13-10-9-11-14-18/h9-11,13-14,16,20H,2-8,12,15,17,24H2,1H3,(H,26,27). The van der Waals surface area contributed by atoms with E-state index in [-0.39, 0.29) is 6.61 Å². The number of carbonyl (C=O) groups is 2. The van der Waals surface area contributed by atoms with Gasteiger partial charge >= 0.3 is 11.9 Å². The Labute approximate surface area is 178 Å². The summed E-state index contributed by atoms with van der Waals surface area (Å²) in [7, 11) is 0. The number of thioether (sulfide) groups is 1. The molecular formula is C23H33NO4S. The van der Waals surface area contributed by atoms with Crippen LogP contribution >= 0.6 is 11.8 Å². The smallest absolute Gasteiger partial charge is 0.329 e. The van der Waals surface area contributed by atoms with E-state index in [1.807, 2.05) is 30.3 Å². The van der Waals surface area contributed by atoms with Crippen LogP contribution in [0.25, 0.3) is 0 Å². The summed E-state index contributed by atoms with van der Waals surface area (Å²) in [6, 6.07) is 9.32. The Bertz CT molecular complexity index is 691. The lowest BCUT2D eigenvalue weighted by Gasteiger charge is -2.23. The Hall–Kier alpha value is -1.79. The highest BCUT2D eigenvalue weighted by atomic mass is 32.2. The molecule has 2 atom stereocenters. The van der Waals surface area contributed by atoms with Gasteiger partial charge in [-0.05, 0) is 29.4 Å². The first-order chi connectivity index (χ1) is 14.0. The third-order valence-electron chi connectivity index (χ3n) is 5.19. The number of carbonyl (C=O) groups excluding carboxylic acids is 1. The number of esters is 1. The summed E-state index contributed by atoms with van der Waals surface area (Å²) < 4.78 is 5.36. The Morgan fingerprint density at radius 2 is 1.69 bits per heavy atom. The first-order valence-electron chi connectivity index (χ1n) is 10.6. The molecule has 0 saturated heterocycles. The lowest BCUT2D eigenvalue weighted by atomic mass is 9.95. The maximum absolute atomic E-state index is 12.6. The van der Waals surface area contributed by atoms with Gasteiger partial charge in [0.1, 0.15) is 11.9 Å². The fourth-order valence-corrected chi connectivity index (χ4v) is 4.77. The fraction of sp³-hybridized carbons (Fsp3) is 0.565. The highest BCUT2D eigenvalue weighted by molar-refractivity contribution is 8.04. The minimum absolute atomic E-state index is 0.111. The number of benzene rings is 1. The van der Waals surface area contributed by atoms with Crippen LogP contribution in [0.15, 0.2) is 41.3 Å². The molecule has 1 heterocycles. The number of nitrogens with two attached hydrogens (primary N) is 1. The summed E-state index contributed by atoms with van der Waals surface area (Å²) in [6.07, 6.45) is 12.0. The minimum atomic E-state index is -1.71. The van der Waals surface area contributed by atoms with Crippen molar-refractivity contribution in [1.29, 1.82) is 0 Å². The summed E-state index contributed by atoms with van der Waals surface area (Å²) in [6.45, 7) is 2.33. The fourth-order valence-electron chi connectivity index (χ4n) is 3.41. The molecule has 0 bridgehead atoms. The summed E-state index contributed by atoms with van der Waals surface area (Å²) in [5, 5.41) is 8.67. The molecule has 1 aliphatic rings. The third-order valence-corrected chi connectivity index (χ3v) is 6.63. The zero-order valence-electron chi connectivity index (χ0n) is 17.3. The lowest BCUT2D eigenvalue weighted by Crippen LogP contribution is -2.55. The van der Waals surface area contributed by atoms with E-state index in [4.69, 9.17) is 10.5 Å². The summed E-state index contributed by atoms with van der Waals surface area (Å²) in [4.78, 5) is 25.2. The molecule has 2 rings (SSSR count). The van der Waals surface area contributed by atoms with Crippen LogP contribution in [0.1, 0.15) is 70.3 Å². The number of allylic oxidation sites excluding steroid dienone is 1. The van der Waals surface area contributed by atoms with E-state index in [2.05, 4.69) is 6.92 Å². The van der Waals surface area contributed by atoms with Crippen molar-refractivity contribution in [3.63, 3.8) is 0 Å². The second-order valence-corrected chi connectivity index (χ2v) is 8.90. The highest BCUT2D eigenvalue weighted by Gasteiger charge is 2.51. The second-order valence-electron chi connectivity index (χ2n) is 7.66. The first kappa shape index (κ1) is 23.5. The lowest BCUT2D eigenvalue weighted by molar-refractivity contribution is -0.151. The van der Waals surface area contributed by atoms with E-state index in [0.717, 1.165) is 29.7 Å². The van der Waals surface area contributed by atoms with Gasteiger partial charge in [-0.1, -0.05) is 82.2 Å². The monoisotopic (exact) mass is 419 g/mol. The Balaban J connectivity index is 1.81. The maximum atomic E-state index is 12.6. The quantitative estimate of drug-likeness (QED) is 0.344. The number of carboxylic acids is 1. The van der Waals surface area contributed by atoms with Crippen LogP contribution in [0.3, 0.4) is 0 Å². The van der Waals surface area contributed by atoms with E-state index >= 15 is 0 Å². The van der Waals surface area contributed by atoms with Crippen molar-refractivity contribution in [2.24, 2.45) is 5.73 Å². The molecule has 29 heavy (non-hydrogen) atoms. The average Bonchev–Trinajstić information content (AvgIpc) is 3.07. The van der Waals surface area contributed by atoms with Crippen molar-refractivity contribution in [1.82, 2.24) is 0 Å². The number of hydrogen-bond acceptors (Lipinski definition) is 5. The zero-order chi connectivity index (χ0) is 21.1. The summed E-state index contributed by atoms with van der Waals surface area (Å²) in [5.41, 5.74) is 5.25. The van der Waals surface area contributed by atoms with Crippen LogP contribution in [0, 0.1) is 0 Å². The number of hydrogen-bond donors (Lipinski definition) is 2. The molecule has 5 nitrogen and oxygen atoms in total. The third kappa shape index (κ3) is 7.19. The van der Waals surface area contributed by atoms with Gasteiger partial charge in [-0.3, -0.25) is 4.79 Å². The van der Waals surface area contributed by atoms with Crippen molar-refractivity contribution >= 4 is 23.7 Å². The predicted molar refractivity (Wildman–Crippen MR) is 117 cm³/mol. The van der Waals surface area contributed by atoms with Gasteiger partial charge in [-0.25, -0.2) is 4.79 Å². The number of aliphatic carboxylic acids is 1. The molecular weight excluding hydrogens is 386 g/mol. The summed E-state index contributed by atoms with van der Waals surface area (Å²) >= 11 is 1.24. The Morgan fingerprint density at radius 1 is 1.07 bits per heavy atom. The van der Waals surface area contributed by atoms with E-state index < -0.39 is 22.7 Å². The molecule has 0 amide bonds. The van der Waals surface area contributed by atoms with E-state index in [0.29, 0.717) is 0 Å². The van der Waals surface area contributed by atoms with E-state index in [9.17, 15) is 14.7 Å². The minimum Gasteiger partial charge on any atom is -0.480 e. The molecule has 1 aromatic rings. The van der Waals surface area contributed by atoms with Crippen molar-refractivity contribution in [3.8, 4) is 0 Å². The molecule has 2 unspecified atom stereocenters. The molecule has 0 radical (unpaired) electrons. The number of rotatable bonds is 13. The summed E-state index contributed by atoms with van der Waals surface area (Å²) in [5.74, 6) is -1.77. The van der Waals surface area contributed by atoms with Crippen LogP contribution in [-0.2, 0) is 20.9 Å². The van der Waals surface area contributed by atoms with Gasteiger partial charge in [0, 0.05) is 0 Å².